The number of likely N-dealkylation sites (tertiary alicyclic amines) is 1. The van der Waals surface area contributed by atoms with Gasteiger partial charge in [-0.1, -0.05) is 12.1 Å². The van der Waals surface area contributed by atoms with Crippen molar-refractivity contribution in [2.75, 3.05) is 0 Å². The third-order valence-electron chi connectivity index (χ3n) is 7.52. The van der Waals surface area contributed by atoms with Crippen LogP contribution < -0.4 is 10.1 Å². The molecule has 1 aliphatic heterocycles. The van der Waals surface area contributed by atoms with Crippen LogP contribution in [0.1, 0.15) is 48.2 Å². The number of piperidine rings is 1. The first-order valence-electron chi connectivity index (χ1n) is 12.3. The lowest BCUT2D eigenvalue weighted by Crippen LogP contribution is -2.49. The van der Waals surface area contributed by atoms with Crippen molar-refractivity contribution in [3.63, 3.8) is 0 Å². The van der Waals surface area contributed by atoms with E-state index in [0.29, 0.717) is 28.9 Å². The first kappa shape index (κ1) is 23.5. The predicted octanol–water partition coefficient (Wildman–Crippen LogP) is 2.90. The number of fused-ring (bicyclic) bond motifs is 2. The standard InChI is InChI=1S/C26H25F2N5O4/c1-13(34)24-17-6-7-29-11-22(17)32(31-24)12-23(35)33-20-8-15(20)9-21(33)25(36)30-19-10-18(19)14-2-4-16(5-3-14)37-26(27)28/h2-7,11,15,18-21,26H,8-10,12H2,1H3,(H,30,36)/t15-,18?,19?,20-,21+/m1/s1. The van der Waals surface area contributed by atoms with E-state index in [4.69, 9.17) is 0 Å². The monoisotopic (exact) mass is 509 g/mol. The summed E-state index contributed by atoms with van der Waals surface area (Å²) in [5.74, 6) is -0.0789. The Labute approximate surface area is 210 Å². The minimum absolute atomic E-state index is 0.0489. The third-order valence-corrected chi connectivity index (χ3v) is 7.52. The number of alkyl halides is 2. The summed E-state index contributed by atoms with van der Waals surface area (Å²) >= 11 is 0. The number of nitrogens with zero attached hydrogens (tertiary/aromatic N) is 4. The Balaban J connectivity index is 1.12. The molecule has 1 saturated heterocycles. The minimum atomic E-state index is -2.87. The number of benzene rings is 1. The maximum Gasteiger partial charge on any atom is 0.387 e. The normalized spacial score (nSPS) is 25.7. The molecule has 37 heavy (non-hydrogen) atoms. The largest absolute Gasteiger partial charge is 0.435 e. The molecule has 3 aromatic rings. The van der Waals surface area contributed by atoms with E-state index in [2.05, 4.69) is 20.1 Å². The summed E-state index contributed by atoms with van der Waals surface area (Å²) in [5.41, 5.74) is 1.83. The minimum Gasteiger partial charge on any atom is -0.435 e. The van der Waals surface area contributed by atoms with E-state index in [1.807, 2.05) is 0 Å². The van der Waals surface area contributed by atoms with Crippen LogP contribution in [0.4, 0.5) is 8.78 Å². The van der Waals surface area contributed by atoms with Crippen LogP contribution >= 0.6 is 0 Å². The summed E-state index contributed by atoms with van der Waals surface area (Å²) < 4.78 is 30.6. The van der Waals surface area contributed by atoms with E-state index in [1.165, 1.54) is 23.7 Å². The Kier molecular flexibility index (Phi) is 5.65. The average Bonchev–Trinajstić information content (AvgIpc) is 3.74. The second-order valence-corrected chi connectivity index (χ2v) is 9.98. The highest BCUT2D eigenvalue weighted by atomic mass is 19.3. The van der Waals surface area contributed by atoms with Crippen molar-refractivity contribution in [3.05, 3.63) is 54.0 Å². The van der Waals surface area contributed by atoms with Gasteiger partial charge in [0.25, 0.3) is 0 Å². The van der Waals surface area contributed by atoms with Crippen molar-refractivity contribution in [1.29, 1.82) is 0 Å². The molecule has 11 heteroatoms. The summed E-state index contributed by atoms with van der Waals surface area (Å²) in [6.07, 6.45) is 5.41. The van der Waals surface area contributed by atoms with Gasteiger partial charge in [-0.25, -0.2) is 0 Å². The summed E-state index contributed by atoms with van der Waals surface area (Å²) in [6.45, 7) is -1.52. The van der Waals surface area contributed by atoms with E-state index in [0.717, 1.165) is 18.4 Å². The number of halogens is 2. The molecular weight excluding hydrogens is 484 g/mol. The van der Waals surface area contributed by atoms with E-state index < -0.39 is 12.7 Å². The predicted molar refractivity (Wildman–Crippen MR) is 127 cm³/mol. The fraction of sp³-hybridized carbons (Fsp3) is 0.423. The van der Waals surface area contributed by atoms with Crippen LogP contribution in [0.15, 0.2) is 42.7 Å². The third kappa shape index (κ3) is 4.42. The molecule has 2 amide bonds. The highest BCUT2D eigenvalue weighted by molar-refractivity contribution is 6.04. The van der Waals surface area contributed by atoms with Gasteiger partial charge in [0.05, 0.1) is 11.7 Å². The molecule has 0 spiro atoms. The smallest absolute Gasteiger partial charge is 0.387 e. The van der Waals surface area contributed by atoms with E-state index >= 15 is 0 Å². The first-order valence-corrected chi connectivity index (χ1v) is 12.3. The Morgan fingerprint density at radius 2 is 1.92 bits per heavy atom. The molecule has 5 atom stereocenters. The number of ketones is 1. The number of carbonyl (C=O) groups excluding carboxylic acids is 3. The number of hydrogen-bond donors (Lipinski definition) is 1. The van der Waals surface area contributed by atoms with Gasteiger partial charge in [-0.2, -0.15) is 13.9 Å². The molecule has 0 radical (unpaired) electrons. The quantitative estimate of drug-likeness (QED) is 0.468. The molecule has 0 bridgehead atoms. The molecule has 2 saturated carbocycles. The lowest BCUT2D eigenvalue weighted by molar-refractivity contribution is -0.140. The highest BCUT2D eigenvalue weighted by Gasteiger charge is 2.56. The maximum absolute atomic E-state index is 13.4. The summed E-state index contributed by atoms with van der Waals surface area (Å²) in [4.78, 5) is 44.4. The Bertz CT molecular complexity index is 1390. The summed E-state index contributed by atoms with van der Waals surface area (Å²) in [7, 11) is 0. The summed E-state index contributed by atoms with van der Waals surface area (Å²) in [5, 5.41) is 8.07. The molecule has 9 nitrogen and oxygen atoms in total. The molecule has 192 valence electrons. The van der Waals surface area contributed by atoms with Crippen molar-refractivity contribution >= 4 is 28.5 Å². The van der Waals surface area contributed by atoms with Crippen LogP contribution in [0.5, 0.6) is 5.75 Å². The zero-order valence-electron chi connectivity index (χ0n) is 20.0. The molecule has 6 rings (SSSR count). The van der Waals surface area contributed by atoms with Crippen LogP contribution in [0.25, 0.3) is 10.9 Å². The zero-order chi connectivity index (χ0) is 25.8. The van der Waals surface area contributed by atoms with Crippen molar-refractivity contribution in [3.8, 4) is 5.75 Å². The molecule has 1 N–H and O–H groups in total. The number of rotatable bonds is 8. The number of nitrogens with one attached hydrogen (secondary N) is 1. The fourth-order valence-corrected chi connectivity index (χ4v) is 5.56. The van der Waals surface area contributed by atoms with Gasteiger partial charge in [-0.05, 0) is 48.9 Å². The van der Waals surface area contributed by atoms with Crippen molar-refractivity contribution in [1.82, 2.24) is 25.0 Å². The Morgan fingerprint density at radius 1 is 1.14 bits per heavy atom. The molecule has 2 aliphatic carbocycles. The van der Waals surface area contributed by atoms with Crippen LogP contribution in [0.2, 0.25) is 0 Å². The van der Waals surface area contributed by atoms with Gasteiger partial charge in [0.1, 0.15) is 24.0 Å². The Morgan fingerprint density at radius 3 is 2.65 bits per heavy atom. The lowest BCUT2D eigenvalue weighted by atomic mass is 10.1. The molecule has 1 aromatic carbocycles. The SMILES string of the molecule is CC(=O)c1nn(CC(=O)N2[C@@H]3C[C@@H]3C[C@H]2C(=O)NC2CC2c2ccc(OC(F)F)cc2)c2cnccc12. The molecule has 2 aromatic heterocycles. The molecule has 3 fully saturated rings. The van der Waals surface area contributed by atoms with Crippen LogP contribution in [-0.2, 0) is 16.1 Å². The van der Waals surface area contributed by atoms with Gasteiger partial charge in [-0.3, -0.25) is 24.0 Å². The molecular formula is C26H25F2N5O4. The number of amides is 2. The number of pyridine rings is 1. The van der Waals surface area contributed by atoms with E-state index in [1.54, 1.807) is 35.5 Å². The van der Waals surface area contributed by atoms with Gasteiger partial charge in [0, 0.05) is 36.5 Å². The van der Waals surface area contributed by atoms with Gasteiger partial charge < -0.3 is 15.0 Å². The van der Waals surface area contributed by atoms with E-state index in [9.17, 15) is 23.2 Å². The molecule has 3 heterocycles. The maximum atomic E-state index is 13.4. The van der Waals surface area contributed by atoms with Crippen LogP contribution in [0, 0.1) is 5.92 Å². The van der Waals surface area contributed by atoms with Gasteiger partial charge in [-0.15, -0.1) is 0 Å². The number of hydrogen-bond acceptors (Lipinski definition) is 6. The number of ether oxygens (including phenoxy) is 1. The Hall–Kier alpha value is -3.89. The van der Waals surface area contributed by atoms with Crippen LogP contribution in [-0.4, -0.2) is 62.0 Å². The topological polar surface area (TPSA) is 106 Å². The number of Topliss-reactive ketones (excluding diaryl/α,β-unsaturated/α-hetero) is 1. The van der Waals surface area contributed by atoms with Gasteiger partial charge in [0.2, 0.25) is 11.8 Å². The molecule has 3 aliphatic rings. The number of aromatic nitrogens is 3. The van der Waals surface area contributed by atoms with Crippen molar-refractivity contribution in [2.24, 2.45) is 5.92 Å². The van der Waals surface area contributed by atoms with Gasteiger partial charge in [0.15, 0.2) is 5.78 Å². The van der Waals surface area contributed by atoms with Gasteiger partial charge >= 0.3 is 6.61 Å². The fourth-order valence-electron chi connectivity index (χ4n) is 5.56. The highest BCUT2D eigenvalue weighted by Crippen LogP contribution is 2.48. The first-order chi connectivity index (χ1) is 17.8. The van der Waals surface area contributed by atoms with Crippen molar-refractivity contribution in [2.45, 2.75) is 63.4 Å². The van der Waals surface area contributed by atoms with Crippen molar-refractivity contribution < 1.29 is 27.9 Å². The molecule has 2 unspecified atom stereocenters. The zero-order valence-corrected chi connectivity index (χ0v) is 20.0. The number of carbonyl (C=O) groups is 3. The van der Waals surface area contributed by atoms with Crippen LogP contribution in [0.3, 0.4) is 0 Å². The lowest BCUT2D eigenvalue weighted by Gasteiger charge is -2.27. The second kappa shape index (κ2) is 8.89. The average molecular weight is 510 g/mol. The second-order valence-electron chi connectivity index (χ2n) is 9.98. The van der Waals surface area contributed by atoms with E-state index in [-0.39, 0.29) is 47.9 Å². The summed E-state index contributed by atoms with van der Waals surface area (Å²) in [6, 6.07) is 7.59.